The molecule has 10 aromatic rings. The maximum absolute atomic E-state index is 2.60. The first-order valence-electron chi connectivity index (χ1n) is 19.0. The van der Waals surface area contributed by atoms with Gasteiger partial charge in [0.25, 0.3) is 0 Å². The quantitative estimate of drug-likeness (QED) is 0.121. The van der Waals surface area contributed by atoms with Gasteiger partial charge in [-0.25, -0.2) is 0 Å². The summed E-state index contributed by atoms with van der Waals surface area (Å²) in [7, 11) is 2.12. The molecule has 10 rings (SSSR count). The second-order valence-corrected chi connectivity index (χ2v) is 20.4. The minimum atomic E-state index is -2.24. The molecule has 56 heavy (non-hydrogen) atoms. The zero-order valence-electron chi connectivity index (χ0n) is 34.2. The van der Waals surface area contributed by atoms with Crippen molar-refractivity contribution in [3.63, 3.8) is 0 Å². The fourth-order valence-electron chi connectivity index (χ4n) is 10.0. The summed E-state index contributed by atoms with van der Waals surface area (Å²) in [5.41, 5.74) is 13.2. The topological polar surface area (TPSA) is 9.86 Å². The van der Waals surface area contributed by atoms with Crippen LogP contribution in [0.5, 0.6) is 0 Å². The molecular formula is C52H50N2SiZr. The number of hydrogen-bond acceptors (Lipinski definition) is 0. The predicted molar refractivity (Wildman–Crippen MR) is 246 cm³/mol. The van der Waals surface area contributed by atoms with Crippen molar-refractivity contribution in [3.05, 3.63) is 159 Å². The maximum atomic E-state index is 2.60. The van der Waals surface area contributed by atoms with Crippen molar-refractivity contribution in [3.8, 4) is 22.3 Å². The minimum Gasteiger partial charge on any atom is -0.358 e. The largest absolute Gasteiger partial charge is 4.00 e. The Balaban J connectivity index is 0.00000160. The van der Waals surface area contributed by atoms with E-state index in [4.69, 9.17) is 0 Å². The zero-order valence-corrected chi connectivity index (χ0v) is 37.6. The van der Waals surface area contributed by atoms with E-state index in [0.29, 0.717) is 5.92 Å². The van der Waals surface area contributed by atoms with Crippen LogP contribution in [-0.2, 0) is 40.3 Å². The summed E-state index contributed by atoms with van der Waals surface area (Å²) >= 11 is 0. The Morgan fingerprint density at radius 3 is 1.43 bits per heavy atom. The number of benzene rings is 6. The van der Waals surface area contributed by atoms with Crippen LogP contribution in [0.2, 0.25) is 13.1 Å². The average Bonchev–Trinajstić information content (AvgIpc) is 3.90. The van der Waals surface area contributed by atoms with Crippen molar-refractivity contribution < 1.29 is 26.2 Å². The molecule has 2 nitrogen and oxygen atoms in total. The number of aromatic nitrogens is 2. The van der Waals surface area contributed by atoms with Crippen molar-refractivity contribution in [1.29, 1.82) is 0 Å². The molecule has 0 bridgehead atoms. The third kappa shape index (κ3) is 5.58. The van der Waals surface area contributed by atoms with Crippen LogP contribution in [0.15, 0.2) is 133 Å². The van der Waals surface area contributed by atoms with Gasteiger partial charge in [-0.15, -0.1) is 67.3 Å². The van der Waals surface area contributed by atoms with Gasteiger partial charge in [-0.1, -0.05) is 106 Å². The van der Waals surface area contributed by atoms with Gasteiger partial charge in [-0.05, 0) is 53.4 Å². The fraction of sp³-hybridized carbons (Fsp3) is 0.154. The molecule has 0 aliphatic heterocycles. The molecule has 0 amide bonds. The zero-order chi connectivity index (χ0) is 36.3. The Morgan fingerprint density at radius 1 is 0.482 bits per heavy atom. The summed E-state index contributed by atoms with van der Waals surface area (Å²) in [6.45, 7) is 12.3. The number of fused-ring (bicyclic) bond motifs is 8. The Kier molecular flexibility index (Phi) is 10.1. The van der Waals surface area contributed by atoms with E-state index in [-0.39, 0.29) is 41.1 Å². The second kappa shape index (κ2) is 14.3. The van der Waals surface area contributed by atoms with Crippen molar-refractivity contribution in [1.82, 2.24) is 9.13 Å². The van der Waals surface area contributed by atoms with E-state index in [1.165, 1.54) is 98.5 Å². The Labute approximate surface area is 352 Å². The van der Waals surface area contributed by atoms with Crippen LogP contribution in [0.25, 0.3) is 87.4 Å². The van der Waals surface area contributed by atoms with Gasteiger partial charge in [0.15, 0.2) is 0 Å². The van der Waals surface area contributed by atoms with Crippen LogP contribution in [-0.4, -0.2) is 17.2 Å². The van der Waals surface area contributed by atoms with Crippen molar-refractivity contribution in [2.75, 3.05) is 0 Å². The molecule has 0 fully saturated rings. The number of aryl methyl sites for hydroxylation is 3. The molecular weight excluding hydrogens is 772 g/mol. The summed E-state index contributed by atoms with van der Waals surface area (Å²) in [5, 5.41) is 14.0. The molecule has 0 spiro atoms. The summed E-state index contributed by atoms with van der Waals surface area (Å²) < 4.78 is 4.64. The molecule has 0 unspecified atom stereocenters. The van der Waals surface area contributed by atoms with E-state index in [1.807, 2.05) is 0 Å². The van der Waals surface area contributed by atoms with Gasteiger partial charge in [0.1, 0.15) is 0 Å². The van der Waals surface area contributed by atoms with E-state index in [1.54, 1.807) is 10.4 Å². The van der Waals surface area contributed by atoms with Crippen LogP contribution in [0.1, 0.15) is 30.9 Å². The van der Waals surface area contributed by atoms with E-state index in [9.17, 15) is 0 Å². The third-order valence-electron chi connectivity index (χ3n) is 12.4. The number of rotatable bonds is 5. The molecule has 2 aromatic heterocycles. The van der Waals surface area contributed by atoms with Gasteiger partial charge in [0, 0.05) is 65.8 Å². The smallest absolute Gasteiger partial charge is 0.358 e. The molecule has 8 aromatic carbocycles. The van der Waals surface area contributed by atoms with E-state index in [2.05, 4.69) is 191 Å². The Morgan fingerprint density at radius 2 is 0.929 bits per heavy atom. The normalized spacial score (nSPS) is 11.9. The van der Waals surface area contributed by atoms with Crippen molar-refractivity contribution in [2.24, 2.45) is 14.1 Å². The minimum absolute atomic E-state index is 0. The monoisotopic (exact) mass is 820 g/mol. The summed E-state index contributed by atoms with van der Waals surface area (Å²) in [5.74, 6) is 0.419. The number of para-hydroxylation sites is 2. The molecule has 276 valence electrons. The van der Waals surface area contributed by atoms with E-state index in [0.717, 1.165) is 0 Å². The molecule has 0 atom stereocenters. The third-order valence-corrected chi connectivity index (χ3v) is 16.1. The van der Waals surface area contributed by atoms with Crippen LogP contribution in [0, 0.1) is 21.8 Å². The van der Waals surface area contributed by atoms with Crippen molar-refractivity contribution in [2.45, 2.75) is 39.8 Å². The van der Waals surface area contributed by atoms with Gasteiger partial charge in [-0.3, -0.25) is 0 Å². The summed E-state index contributed by atoms with van der Waals surface area (Å²) in [4.78, 5) is 0. The van der Waals surface area contributed by atoms with E-state index < -0.39 is 8.07 Å². The van der Waals surface area contributed by atoms with Crippen LogP contribution in [0.4, 0.5) is 0 Å². The number of hydrogen-bond donors (Lipinski definition) is 0. The Bertz CT molecular complexity index is 3100. The van der Waals surface area contributed by atoms with Crippen LogP contribution in [0.3, 0.4) is 0 Å². The number of nitrogens with zero attached hydrogens (tertiary/aromatic N) is 2. The first-order valence-corrected chi connectivity index (χ1v) is 22.0. The summed E-state index contributed by atoms with van der Waals surface area (Å²) in [6, 6.07) is 50.7. The standard InChI is InChI=1S/C50H44N2Si.2CH3.Zr/c1-30(2)40-29-42-35(33-23-25-48-44(28-33)37-15-9-11-21-46(37)52(48)5)17-13-19-39(42)50(40)53(6,7)49-31(3)26-41-34(16-12-18-38(41)49)32-22-24-47-43(27-32)36-14-8-10-20-45(36)51(47)4;;;/h8-30H,1-7H3;2*1H3;/q-2;2*-1;+4. The van der Waals surface area contributed by atoms with Crippen LogP contribution >= 0.6 is 0 Å². The van der Waals surface area contributed by atoms with E-state index >= 15 is 0 Å². The first kappa shape index (κ1) is 39.5. The molecule has 0 aliphatic carbocycles. The molecule has 0 N–H and O–H groups in total. The molecule has 2 heterocycles. The molecule has 0 radical (unpaired) electrons. The first-order chi connectivity index (χ1) is 25.6. The van der Waals surface area contributed by atoms with Gasteiger partial charge in [-0.2, -0.15) is 12.1 Å². The molecule has 0 saturated carbocycles. The second-order valence-electron chi connectivity index (χ2n) is 16.1. The maximum Gasteiger partial charge on any atom is 4.00 e. The van der Waals surface area contributed by atoms with Gasteiger partial charge in [0.05, 0.1) is 0 Å². The van der Waals surface area contributed by atoms with Gasteiger partial charge in [0.2, 0.25) is 0 Å². The Hall–Kier alpha value is -4.76. The predicted octanol–water partition coefficient (Wildman–Crippen LogP) is 13.2. The fourth-order valence-corrected chi connectivity index (χ4v) is 14.2. The SMILES string of the molecule is Cc1cc2c(-c3ccc4c(c3)c3ccccc3n4C)cccc2[c-]1[Si](C)(C)[c-]1c(C(C)C)cc2c(-c3ccc4c(c3)c3ccccc3n4C)cccc21.[CH3-].[CH3-].[Zr+4]. The van der Waals surface area contributed by atoms with Gasteiger partial charge < -0.3 is 24.0 Å². The molecule has 4 heteroatoms. The molecule has 0 aliphatic rings. The van der Waals surface area contributed by atoms with Crippen LogP contribution < -0.4 is 10.4 Å². The van der Waals surface area contributed by atoms with Gasteiger partial charge >= 0.3 is 26.2 Å². The molecule has 0 saturated heterocycles. The summed E-state index contributed by atoms with van der Waals surface area (Å²) in [6.07, 6.45) is 0. The van der Waals surface area contributed by atoms with Crippen molar-refractivity contribution >= 4 is 83.6 Å². The average molecular weight is 822 g/mol.